The number of nitrogens with one attached hydrogen (secondary N) is 1. The number of amides is 1. The van der Waals surface area contributed by atoms with Gasteiger partial charge in [0.05, 0.1) is 10.7 Å². The number of phenolic OH excluding ortho intramolecular Hbond substituents is 1. The predicted octanol–water partition coefficient (Wildman–Crippen LogP) is 3.90. The summed E-state index contributed by atoms with van der Waals surface area (Å²) in [7, 11) is 0. The van der Waals surface area contributed by atoms with Gasteiger partial charge >= 0.3 is 0 Å². The Morgan fingerprint density at radius 1 is 1.22 bits per heavy atom. The Kier molecular flexibility index (Phi) is 4.08. The maximum Gasteiger partial charge on any atom is 0.255 e. The van der Waals surface area contributed by atoms with Crippen molar-refractivity contribution in [3.8, 4) is 5.75 Å². The minimum atomic E-state index is -0.286. The lowest BCUT2D eigenvalue weighted by molar-refractivity contribution is 0.102. The summed E-state index contributed by atoms with van der Waals surface area (Å²) in [5.74, 6) is -0.249. The second-order valence-electron chi connectivity index (χ2n) is 3.60. The van der Waals surface area contributed by atoms with E-state index in [4.69, 9.17) is 11.6 Å². The summed E-state index contributed by atoms with van der Waals surface area (Å²) in [4.78, 5) is 12.0. The predicted molar refractivity (Wildman–Crippen MR) is 80.2 cm³/mol. The lowest BCUT2D eigenvalue weighted by atomic mass is 10.2. The molecule has 2 rings (SSSR count). The van der Waals surface area contributed by atoms with Crippen molar-refractivity contribution >= 4 is 45.8 Å². The van der Waals surface area contributed by atoms with E-state index in [0.717, 1.165) is 3.57 Å². The molecule has 18 heavy (non-hydrogen) atoms. The standard InChI is InChI=1S/C13H9ClINO2/c14-9-6-5-8(7-10(9)15)13(18)16-11-3-1-2-4-12(11)17/h1-7,17H,(H,16,18). The van der Waals surface area contributed by atoms with Gasteiger partial charge in [-0.25, -0.2) is 0 Å². The third-order valence-electron chi connectivity index (χ3n) is 2.33. The average molecular weight is 374 g/mol. The Bertz CT molecular complexity index is 601. The molecule has 5 heteroatoms. The first-order chi connectivity index (χ1) is 8.58. The molecule has 92 valence electrons. The molecule has 0 unspecified atom stereocenters. The number of aromatic hydroxyl groups is 1. The van der Waals surface area contributed by atoms with Crippen LogP contribution in [-0.2, 0) is 0 Å². The van der Waals surface area contributed by atoms with E-state index >= 15 is 0 Å². The fourth-order valence-electron chi connectivity index (χ4n) is 1.41. The van der Waals surface area contributed by atoms with Crippen molar-refractivity contribution in [2.24, 2.45) is 0 Å². The van der Waals surface area contributed by atoms with E-state index in [1.807, 2.05) is 0 Å². The molecule has 0 bridgehead atoms. The van der Waals surface area contributed by atoms with E-state index in [1.165, 1.54) is 6.07 Å². The van der Waals surface area contributed by atoms with Crippen LogP contribution < -0.4 is 5.32 Å². The number of phenols is 1. The zero-order valence-electron chi connectivity index (χ0n) is 9.15. The van der Waals surface area contributed by atoms with Crippen molar-refractivity contribution in [3.05, 3.63) is 56.6 Å². The fraction of sp³-hybridized carbons (Fsp3) is 0. The number of hydrogen-bond donors (Lipinski definition) is 2. The lowest BCUT2D eigenvalue weighted by Gasteiger charge is -2.07. The van der Waals surface area contributed by atoms with Crippen LogP contribution in [0.3, 0.4) is 0 Å². The van der Waals surface area contributed by atoms with Crippen LogP contribution in [0.15, 0.2) is 42.5 Å². The average Bonchev–Trinajstić information content (AvgIpc) is 2.35. The Morgan fingerprint density at radius 2 is 1.94 bits per heavy atom. The van der Waals surface area contributed by atoms with Gasteiger partial charge in [-0.05, 0) is 52.9 Å². The van der Waals surface area contributed by atoms with Gasteiger partial charge in [0.1, 0.15) is 5.75 Å². The van der Waals surface area contributed by atoms with Crippen LogP contribution in [-0.4, -0.2) is 11.0 Å². The van der Waals surface area contributed by atoms with E-state index in [-0.39, 0.29) is 11.7 Å². The smallest absolute Gasteiger partial charge is 0.255 e. The van der Waals surface area contributed by atoms with Gasteiger partial charge in [0.15, 0.2) is 0 Å². The maximum atomic E-state index is 12.0. The molecule has 0 spiro atoms. The summed E-state index contributed by atoms with van der Waals surface area (Å²) in [6, 6.07) is 11.6. The molecular weight excluding hydrogens is 365 g/mol. The van der Waals surface area contributed by atoms with Gasteiger partial charge < -0.3 is 10.4 Å². The number of carbonyl (C=O) groups excluding carboxylic acids is 1. The highest BCUT2D eigenvalue weighted by Gasteiger charge is 2.09. The largest absolute Gasteiger partial charge is 0.506 e. The quantitative estimate of drug-likeness (QED) is 0.619. The van der Waals surface area contributed by atoms with E-state index < -0.39 is 0 Å². The molecule has 0 aliphatic rings. The molecule has 0 aliphatic carbocycles. The van der Waals surface area contributed by atoms with Crippen LogP contribution >= 0.6 is 34.2 Å². The monoisotopic (exact) mass is 373 g/mol. The van der Waals surface area contributed by atoms with Gasteiger partial charge in [0, 0.05) is 9.13 Å². The summed E-state index contributed by atoms with van der Waals surface area (Å²) in [6.45, 7) is 0. The van der Waals surface area contributed by atoms with Crippen LogP contribution in [0.4, 0.5) is 5.69 Å². The molecule has 0 fully saturated rings. The first kappa shape index (κ1) is 13.2. The summed E-state index contributed by atoms with van der Waals surface area (Å²) >= 11 is 7.95. The minimum Gasteiger partial charge on any atom is -0.506 e. The maximum absolute atomic E-state index is 12.0. The van der Waals surface area contributed by atoms with Crippen LogP contribution in [0.25, 0.3) is 0 Å². The van der Waals surface area contributed by atoms with E-state index in [2.05, 4.69) is 27.9 Å². The van der Waals surface area contributed by atoms with Gasteiger partial charge in [0.25, 0.3) is 5.91 Å². The third-order valence-corrected chi connectivity index (χ3v) is 3.87. The summed E-state index contributed by atoms with van der Waals surface area (Å²) < 4.78 is 0.805. The SMILES string of the molecule is O=C(Nc1ccccc1O)c1ccc(Cl)c(I)c1. The molecule has 0 heterocycles. The molecule has 1 amide bonds. The van der Waals surface area contributed by atoms with Crippen molar-refractivity contribution < 1.29 is 9.90 Å². The Hall–Kier alpha value is -1.27. The van der Waals surface area contributed by atoms with Crippen molar-refractivity contribution in [3.63, 3.8) is 0 Å². The van der Waals surface area contributed by atoms with Crippen molar-refractivity contribution in [1.29, 1.82) is 0 Å². The minimum absolute atomic E-state index is 0.0366. The highest BCUT2D eigenvalue weighted by Crippen LogP contribution is 2.23. The number of benzene rings is 2. The Labute approximate surface area is 123 Å². The van der Waals surface area contributed by atoms with Gasteiger partial charge in [-0.1, -0.05) is 23.7 Å². The normalized spacial score (nSPS) is 10.1. The fourth-order valence-corrected chi connectivity index (χ4v) is 2.04. The molecule has 0 atom stereocenters. The zero-order chi connectivity index (χ0) is 13.1. The molecule has 0 saturated heterocycles. The first-order valence-corrected chi connectivity index (χ1v) is 6.58. The first-order valence-electron chi connectivity index (χ1n) is 5.12. The molecule has 2 N–H and O–H groups in total. The van der Waals surface area contributed by atoms with Crippen molar-refractivity contribution in [2.75, 3.05) is 5.32 Å². The second kappa shape index (κ2) is 5.58. The van der Waals surface area contributed by atoms with Crippen molar-refractivity contribution in [2.45, 2.75) is 0 Å². The number of para-hydroxylation sites is 2. The second-order valence-corrected chi connectivity index (χ2v) is 5.17. The van der Waals surface area contributed by atoms with Crippen molar-refractivity contribution in [1.82, 2.24) is 0 Å². The Balaban J connectivity index is 2.22. The van der Waals surface area contributed by atoms with E-state index in [9.17, 15) is 9.90 Å². The van der Waals surface area contributed by atoms with E-state index in [1.54, 1.807) is 36.4 Å². The Morgan fingerprint density at radius 3 is 2.61 bits per heavy atom. The van der Waals surface area contributed by atoms with Crippen LogP contribution in [0.5, 0.6) is 5.75 Å². The highest BCUT2D eigenvalue weighted by atomic mass is 127. The number of carbonyl (C=O) groups is 1. The molecule has 3 nitrogen and oxygen atoms in total. The molecule has 0 saturated carbocycles. The van der Waals surface area contributed by atoms with Crippen LogP contribution in [0.1, 0.15) is 10.4 Å². The van der Waals surface area contributed by atoms with E-state index in [0.29, 0.717) is 16.3 Å². The molecule has 0 radical (unpaired) electrons. The van der Waals surface area contributed by atoms with Gasteiger partial charge in [0.2, 0.25) is 0 Å². The topological polar surface area (TPSA) is 49.3 Å². The van der Waals surface area contributed by atoms with Crippen LogP contribution in [0, 0.1) is 3.57 Å². The third kappa shape index (κ3) is 2.94. The van der Waals surface area contributed by atoms with Gasteiger partial charge in [-0.15, -0.1) is 0 Å². The zero-order valence-corrected chi connectivity index (χ0v) is 12.1. The molecule has 2 aromatic rings. The number of halogens is 2. The van der Waals surface area contributed by atoms with Gasteiger partial charge in [-0.2, -0.15) is 0 Å². The summed E-state index contributed by atoms with van der Waals surface area (Å²) in [6.07, 6.45) is 0. The summed E-state index contributed by atoms with van der Waals surface area (Å²) in [5.41, 5.74) is 0.875. The molecule has 0 aromatic heterocycles. The van der Waals surface area contributed by atoms with Crippen LogP contribution in [0.2, 0.25) is 5.02 Å². The van der Waals surface area contributed by atoms with Gasteiger partial charge in [-0.3, -0.25) is 4.79 Å². The molecular formula is C13H9ClINO2. The highest BCUT2D eigenvalue weighted by molar-refractivity contribution is 14.1. The number of hydrogen-bond acceptors (Lipinski definition) is 2. The number of anilines is 1. The summed E-state index contributed by atoms with van der Waals surface area (Å²) in [5, 5.41) is 12.8. The molecule has 2 aromatic carbocycles. The number of rotatable bonds is 2. The molecule has 0 aliphatic heterocycles. The lowest BCUT2D eigenvalue weighted by Crippen LogP contribution is -2.12.